The molecule has 0 aliphatic carbocycles. The van der Waals surface area contributed by atoms with Crippen molar-refractivity contribution in [2.45, 2.75) is 0 Å². The van der Waals surface area contributed by atoms with Crippen LogP contribution >= 0.6 is 0 Å². The van der Waals surface area contributed by atoms with Crippen LogP contribution in [0.4, 0.5) is 0 Å². The van der Waals surface area contributed by atoms with Crippen LogP contribution in [0.1, 0.15) is 30.2 Å². The zero-order valence-electron chi connectivity index (χ0n) is 51.3. The van der Waals surface area contributed by atoms with Gasteiger partial charge >= 0.3 is 0 Å². The van der Waals surface area contributed by atoms with Gasteiger partial charge in [-0.05, 0) is 53.4 Å². The molecular formula is C54H35N3. The molecule has 0 spiro atoms. The minimum Gasteiger partial charge on any atom is -0.308 e. The molecule has 0 aliphatic heterocycles. The Kier molecular flexibility index (Phi) is 3.72. The zero-order valence-corrected chi connectivity index (χ0v) is 29.3. The minimum absolute atomic E-state index is 0.209. The lowest BCUT2D eigenvalue weighted by Crippen LogP contribution is -2.02. The normalized spacial score (nSPS) is 17.3. The van der Waals surface area contributed by atoms with Gasteiger partial charge in [0, 0.05) is 49.1 Å². The predicted octanol–water partition coefficient (Wildman–Crippen LogP) is 14.3. The average Bonchev–Trinajstić information content (AvgIpc) is 2.36. The van der Waals surface area contributed by atoms with Crippen molar-refractivity contribution in [3.05, 3.63) is 212 Å². The Morgan fingerprint density at radius 2 is 0.789 bits per heavy atom. The van der Waals surface area contributed by atoms with Gasteiger partial charge in [0.1, 0.15) is 0 Å². The number of aromatic nitrogens is 3. The Morgan fingerprint density at radius 1 is 0.333 bits per heavy atom. The highest BCUT2D eigenvalue weighted by molar-refractivity contribution is 6.16. The molecule has 0 saturated heterocycles. The van der Waals surface area contributed by atoms with E-state index in [1.165, 1.54) is 4.57 Å². The van der Waals surface area contributed by atoms with Gasteiger partial charge in [-0.15, -0.1) is 0 Å². The second-order valence-corrected chi connectivity index (χ2v) is 13.2. The SMILES string of the molecule is [2H]c1c([2H])c([2H])c2c(c1[2H])c1c([2H])c([2H])c(-n3c4c([2H])c([2H])c([2H])c([2H])c4c4c([2H])c([2H])c([2H])c(-n5c6c([2H])c([2H])c([2H])c([2H])c6c6c([2H])c([2H])c([2H])c([2H])c65)c43)c([2H])c1n2-c1c(-c2ccccc2)cccc1-c1ccccc1. The molecule has 266 valence electrons. The van der Waals surface area contributed by atoms with Crippen molar-refractivity contribution in [3.8, 4) is 39.3 Å². The van der Waals surface area contributed by atoms with Crippen molar-refractivity contribution >= 4 is 65.4 Å². The molecule has 0 atom stereocenters. The fraction of sp³-hybridized carbons (Fsp3) is 0. The fourth-order valence-electron chi connectivity index (χ4n) is 7.91. The van der Waals surface area contributed by atoms with E-state index in [1.54, 1.807) is 54.6 Å². The highest BCUT2D eigenvalue weighted by Crippen LogP contribution is 2.44. The van der Waals surface area contributed by atoms with E-state index in [4.69, 9.17) is 13.7 Å². The van der Waals surface area contributed by atoms with Crippen LogP contribution in [0.3, 0.4) is 0 Å². The lowest BCUT2D eigenvalue weighted by Gasteiger charge is -2.19. The third-order valence-electron chi connectivity index (χ3n) is 10.2. The first-order chi connectivity index (χ1) is 37.5. The molecule has 9 aromatic carbocycles. The standard InChI is InChI=1S/C54H35N3/c1-3-17-36(18-4-1)39-25-15-26-40(37-19-5-2-6-20-37)53(39)57-50-31-14-9-23-43(50)45-34-33-38(35-52(45)57)55-47-28-11-10-24-44(47)46-27-16-32-51(54(46)55)56-48-29-12-7-21-41(48)42-22-8-13-30-49(42)56/h1-35H/i7D,8D,9D,10D,11D,12D,13D,14D,16D,21D,22D,23D,24D,27D,28D,29D,30D,31D,32D,33D,34D,35D. The second kappa shape index (κ2) is 12.5. The predicted molar refractivity (Wildman–Crippen MR) is 240 cm³/mol. The maximum absolute atomic E-state index is 10.6. The van der Waals surface area contributed by atoms with Crippen LogP contribution in [0.15, 0.2) is 212 Å². The van der Waals surface area contributed by atoms with Crippen LogP contribution in [-0.2, 0) is 0 Å². The first-order valence-corrected chi connectivity index (χ1v) is 17.8. The van der Waals surface area contributed by atoms with Crippen molar-refractivity contribution in [2.24, 2.45) is 0 Å². The number of rotatable bonds is 5. The molecule has 57 heavy (non-hydrogen) atoms. The lowest BCUT2D eigenvalue weighted by atomic mass is 9.95. The van der Waals surface area contributed by atoms with Crippen LogP contribution < -0.4 is 0 Å². The van der Waals surface area contributed by atoms with Crippen LogP contribution in [0, 0.1) is 0 Å². The second-order valence-electron chi connectivity index (χ2n) is 13.2. The summed E-state index contributed by atoms with van der Waals surface area (Å²) in [6.45, 7) is 0. The first kappa shape index (κ1) is 17.0. The molecule has 12 aromatic rings. The molecule has 3 aromatic heterocycles. The van der Waals surface area contributed by atoms with Gasteiger partial charge in [-0.3, -0.25) is 0 Å². The van der Waals surface area contributed by atoms with Crippen LogP contribution in [-0.4, -0.2) is 13.7 Å². The van der Waals surface area contributed by atoms with Crippen molar-refractivity contribution in [1.82, 2.24) is 13.7 Å². The molecule has 0 bridgehead atoms. The number of nitrogens with zero attached hydrogens (tertiary/aromatic N) is 3. The number of para-hydroxylation sites is 6. The van der Waals surface area contributed by atoms with Crippen LogP contribution in [0.25, 0.3) is 105 Å². The Morgan fingerprint density at radius 3 is 1.35 bits per heavy atom. The number of benzene rings is 9. The Hall–Kier alpha value is -7.62. The van der Waals surface area contributed by atoms with E-state index in [0.717, 1.165) is 9.13 Å². The van der Waals surface area contributed by atoms with Crippen molar-refractivity contribution < 1.29 is 30.2 Å². The maximum atomic E-state index is 10.6. The molecule has 0 unspecified atom stereocenters. The summed E-state index contributed by atoms with van der Waals surface area (Å²) in [6, 6.07) is 5.91. The van der Waals surface area contributed by atoms with Gasteiger partial charge in [-0.1, -0.05) is 169 Å². The average molecular weight is 748 g/mol. The zero-order chi connectivity index (χ0) is 56.6. The largest absolute Gasteiger partial charge is 0.308 e. The summed E-state index contributed by atoms with van der Waals surface area (Å²) in [5, 5.41) is -2.43. The lowest BCUT2D eigenvalue weighted by molar-refractivity contribution is 1.13. The summed E-state index contributed by atoms with van der Waals surface area (Å²) in [4.78, 5) is 0. The van der Waals surface area contributed by atoms with E-state index in [-0.39, 0.29) is 27.5 Å². The third kappa shape index (κ3) is 4.66. The van der Waals surface area contributed by atoms with Crippen molar-refractivity contribution in [2.75, 3.05) is 0 Å². The van der Waals surface area contributed by atoms with E-state index in [9.17, 15) is 16.4 Å². The molecule has 0 fully saturated rings. The minimum atomic E-state index is -0.928. The first-order valence-electron chi connectivity index (χ1n) is 28.8. The van der Waals surface area contributed by atoms with Gasteiger partial charge in [0.2, 0.25) is 0 Å². The van der Waals surface area contributed by atoms with E-state index in [0.29, 0.717) is 22.3 Å². The maximum Gasteiger partial charge on any atom is 0.0782 e. The number of hydrogen-bond acceptors (Lipinski definition) is 0. The third-order valence-corrected chi connectivity index (χ3v) is 10.2. The Bertz CT molecular complexity index is 4660. The molecule has 0 N–H and O–H groups in total. The molecule has 3 heterocycles. The smallest absolute Gasteiger partial charge is 0.0782 e. The quantitative estimate of drug-likeness (QED) is 0.167. The van der Waals surface area contributed by atoms with Gasteiger partial charge < -0.3 is 13.7 Å². The topological polar surface area (TPSA) is 14.8 Å². The summed E-state index contributed by atoms with van der Waals surface area (Å²) in [6.07, 6.45) is 0. The Labute approximate surface area is 360 Å². The number of fused-ring (bicyclic) bond motifs is 9. The summed E-state index contributed by atoms with van der Waals surface area (Å²) in [5.41, 5.74) is -1.65. The summed E-state index contributed by atoms with van der Waals surface area (Å²) < 4.78 is 209. The van der Waals surface area contributed by atoms with Gasteiger partial charge in [0.25, 0.3) is 0 Å². The van der Waals surface area contributed by atoms with E-state index < -0.39 is 188 Å². The van der Waals surface area contributed by atoms with Crippen molar-refractivity contribution in [3.63, 3.8) is 0 Å². The highest BCUT2D eigenvalue weighted by Gasteiger charge is 2.23. The molecule has 0 radical (unpaired) electrons. The fourth-order valence-corrected chi connectivity index (χ4v) is 7.91. The van der Waals surface area contributed by atoms with Crippen LogP contribution in [0.2, 0.25) is 0 Å². The summed E-state index contributed by atoms with van der Waals surface area (Å²) in [7, 11) is 0. The molecule has 12 rings (SSSR count). The van der Waals surface area contributed by atoms with Gasteiger partial charge in [0.15, 0.2) is 0 Å². The van der Waals surface area contributed by atoms with E-state index in [1.807, 2.05) is 24.3 Å². The molecule has 3 heteroatoms. The molecule has 0 aliphatic rings. The molecule has 3 nitrogen and oxygen atoms in total. The Balaban J connectivity index is 1.41. The van der Waals surface area contributed by atoms with Crippen LogP contribution in [0.5, 0.6) is 0 Å². The highest BCUT2D eigenvalue weighted by atomic mass is 15.1. The van der Waals surface area contributed by atoms with Gasteiger partial charge in [-0.25, -0.2) is 0 Å². The molecular weight excluding hydrogens is 691 g/mol. The molecule has 0 saturated carbocycles. The number of hydrogen-bond donors (Lipinski definition) is 0. The van der Waals surface area contributed by atoms with E-state index >= 15 is 0 Å². The summed E-state index contributed by atoms with van der Waals surface area (Å²) >= 11 is 0. The van der Waals surface area contributed by atoms with Gasteiger partial charge in [0.05, 0.1) is 74.6 Å². The van der Waals surface area contributed by atoms with Gasteiger partial charge in [-0.2, -0.15) is 0 Å². The monoisotopic (exact) mass is 747 g/mol. The van der Waals surface area contributed by atoms with E-state index in [2.05, 4.69) is 0 Å². The summed E-state index contributed by atoms with van der Waals surface area (Å²) in [5.74, 6) is 0. The van der Waals surface area contributed by atoms with Crippen molar-refractivity contribution in [1.29, 1.82) is 0 Å². The molecule has 0 amide bonds.